The Bertz CT molecular complexity index is 711. The van der Waals surface area contributed by atoms with Gasteiger partial charge in [0.25, 0.3) is 0 Å². The van der Waals surface area contributed by atoms with Crippen LogP contribution in [-0.2, 0) is 12.8 Å². The summed E-state index contributed by atoms with van der Waals surface area (Å²) in [6.07, 6.45) is 19.3. The Labute approximate surface area is 185 Å². The van der Waals surface area contributed by atoms with Crippen LogP contribution in [0.5, 0.6) is 0 Å². The lowest BCUT2D eigenvalue weighted by atomic mass is 9.89. The van der Waals surface area contributed by atoms with Crippen molar-refractivity contribution in [1.29, 1.82) is 0 Å². The Morgan fingerprint density at radius 3 is 1.47 bits per heavy atom. The molecule has 0 amide bonds. The predicted molar refractivity (Wildman–Crippen MR) is 132 cm³/mol. The van der Waals surface area contributed by atoms with Crippen molar-refractivity contribution in [3.05, 3.63) is 71.8 Å². The third-order valence-electron chi connectivity index (χ3n) is 8.30. The van der Waals surface area contributed by atoms with E-state index in [1.54, 1.807) is 36.8 Å². The molecule has 5 rings (SSSR count). The molecule has 1 atom stereocenters. The Kier molecular flexibility index (Phi) is 6.62. The molecule has 0 nitrogen and oxygen atoms in total. The van der Waals surface area contributed by atoms with Gasteiger partial charge in [0, 0.05) is 0 Å². The lowest BCUT2D eigenvalue weighted by molar-refractivity contribution is 0.472. The van der Waals surface area contributed by atoms with E-state index in [9.17, 15) is 0 Å². The summed E-state index contributed by atoms with van der Waals surface area (Å²) >= 11 is 0. The summed E-state index contributed by atoms with van der Waals surface area (Å²) in [4.78, 5) is 0. The van der Waals surface area contributed by atoms with Crippen LogP contribution < -0.4 is 0 Å². The fourth-order valence-electron chi connectivity index (χ4n) is 6.76. The zero-order valence-electron chi connectivity index (χ0n) is 18.6. The maximum Gasteiger partial charge on any atom is -0.0135 e. The number of hydrogen-bond donors (Lipinski definition) is 0. The third kappa shape index (κ3) is 4.70. The van der Waals surface area contributed by atoms with Crippen molar-refractivity contribution in [3.8, 4) is 0 Å². The van der Waals surface area contributed by atoms with Crippen molar-refractivity contribution in [2.24, 2.45) is 5.41 Å². The molecular weight excluding hydrogens is 379 g/mol. The highest BCUT2D eigenvalue weighted by Gasteiger charge is 2.59. The lowest BCUT2D eigenvalue weighted by Gasteiger charge is -2.40. The highest BCUT2D eigenvalue weighted by atomic mass is 31.1. The molecule has 3 saturated carbocycles. The molecule has 0 aromatic heterocycles. The molecule has 0 N–H and O–H groups in total. The Hall–Kier alpha value is -1.13. The van der Waals surface area contributed by atoms with E-state index in [0.717, 1.165) is 17.0 Å². The van der Waals surface area contributed by atoms with Gasteiger partial charge in [0.2, 0.25) is 0 Å². The van der Waals surface area contributed by atoms with E-state index in [1.807, 2.05) is 0 Å². The predicted octanol–water partition coefficient (Wildman–Crippen LogP) is 8.38. The second-order valence-corrected chi connectivity index (χ2v) is 13.4. The van der Waals surface area contributed by atoms with Gasteiger partial charge >= 0.3 is 0 Å². The van der Waals surface area contributed by atoms with Crippen molar-refractivity contribution in [1.82, 2.24) is 0 Å². The van der Waals surface area contributed by atoms with Crippen LogP contribution in [0.4, 0.5) is 0 Å². The van der Waals surface area contributed by atoms with Crippen molar-refractivity contribution >= 4 is 7.92 Å². The molecule has 0 heterocycles. The first-order chi connectivity index (χ1) is 14.8. The van der Waals surface area contributed by atoms with Gasteiger partial charge in [-0.25, -0.2) is 0 Å². The molecule has 30 heavy (non-hydrogen) atoms. The summed E-state index contributed by atoms with van der Waals surface area (Å²) in [5, 5.41) is 0. The molecule has 2 aromatic rings. The van der Waals surface area contributed by atoms with Gasteiger partial charge < -0.3 is 0 Å². The molecule has 0 radical (unpaired) electrons. The van der Waals surface area contributed by atoms with Crippen molar-refractivity contribution in [3.63, 3.8) is 0 Å². The monoisotopic (exact) mass is 418 g/mol. The maximum absolute atomic E-state index is 2.38. The van der Waals surface area contributed by atoms with Crippen molar-refractivity contribution in [2.45, 2.75) is 100 Å². The molecule has 160 valence electrons. The van der Waals surface area contributed by atoms with Gasteiger partial charge in [-0.15, -0.1) is 0 Å². The first kappa shape index (κ1) is 20.8. The quantitative estimate of drug-likeness (QED) is 0.396. The van der Waals surface area contributed by atoms with Gasteiger partial charge in [0.1, 0.15) is 0 Å². The van der Waals surface area contributed by atoms with E-state index < -0.39 is 0 Å². The zero-order valence-corrected chi connectivity index (χ0v) is 19.5. The average molecular weight is 419 g/mol. The highest BCUT2D eigenvalue weighted by Crippen LogP contribution is 2.73. The van der Waals surface area contributed by atoms with E-state index in [-0.39, 0.29) is 7.92 Å². The van der Waals surface area contributed by atoms with Crippen molar-refractivity contribution < 1.29 is 0 Å². The second-order valence-electron chi connectivity index (χ2n) is 10.4. The molecule has 0 bridgehead atoms. The molecule has 3 fully saturated rings. The fourth-order valence-corrected chi connectivity index (χ4v) is 11.7. The van der Waals surface area contributed by atoms with E-state index in [1.165, 1.54) is 57.8 Å². The Balaban J connectivity index is 1.43. The molecule has 0 saturated heterocycles. The molecule has 0 aliphatic heterocycles. The van der Waals surface area contributed by atoms with Crippen LogP contribution in [0.25, 0.3) is 0 Å². The zero-order chi connectivity index (χ0) is 20.2. The summed E-state index contributed by atoms with van der Waals surface area (Å²) in [6.45, 7) is 0. The smallest absolute Gasteiger partial charge is 0.0135 e. The normalized spacial score (nSPS) is 24.8. The minimum Gasteiger partial charge on any atom is -0.0965 e. The van der Waals surface area contributed by atoms with Crippen LogP contribution in [0.15, 0.2) is 60.7 Å². The van der Waals surface area contributed by atoms with E-state index in [0.29, 0.717) is 5.41 Å². The largest absolute Gasteiger partial charge is 0.0965 e. The van der Waals surface area contributed by atoms with Crippen LogP contribution in [-0.4, -0.2) is 17.0 Å². The number of rotatable bonds is 7. The average Bonchev–Trinajstić information content (AvgIpc) is 3.48. The van der Waals surface area contributed by atoms with Gasteiger partial charge in [-0.1, -0.05) is 107 Å². The lowest BCUT2D eigenvalue weighted by Crippen LogP contribution is -2.25. The van der Waals surface area contributed by atoms with Crippen LogP contribution >= 0.6 is 7.92 Å². The van der Waals surface area contributed by atoms with Crippen molar-refractivity contribution in [2.75, 3.05) is 0 Å². The van der Waals surface area contributed by atoms with Crippen LogP contribution in [0, 0.1) is 5.41 Å². The standard InChI is InChI=1S/C29H39P/c1-5-13-24(14-6-1)21-29(22-25-15-7-2-8-16-25)23-28(29)30(26-17-9-3-10-18-26)27-19-11-4-12-20-27/h1-2,5-8,13-16,26-28H,3-4,9-12,17-23H2. The molecule has 2 aromatic carbocycles. The molecule has 0 spiro atoms. The first-order valence-corrected chi connectivity index (χ1v) is 14.2. The summed E-state index contributed by atoms with van der Waals surface area (Å²) in [5.41, 5.74) is 6.84. The minimum absolute atomic E-state index is 0.175. The summed E-state index contributed by atoms with van der Waals surface area (Å²) in [7, 11) is 0.175. The summed E-state index contributed by atoms with van der Waals surface area (Å²) < 4.78 is 0. The molecule has 1 unspecified atom stereocenters. The van der Waals surface area contributed by atoms with Gasteiger partial charge in [-0.3, -0.25) is 0 Å². The van der Waals surface area contributed by atoms with Gasteiger partial charge in [0.05, 0.1) is 0 Å². The molecule has 1 heteroatoms. The second kappa shape index (κ2) is 9.56. The van der Waals surface area contributed by atoms with E-state index in [4.69, 9.17) is 0 Å². The number of hydrogen-bond acceptors (Lipinski definition) is 0. The maximum atomic E-state index is 2.38. The third-order valence-corrected chi connectivity index (χ3v) is 12.5. The van der Waals surface area contributed by atoms with E-state index in [2.05, 4.69) is 60.7 Å². The summed E-state index contributed by atoms with van der Waals surface area (Å²) in [6, 6.07) is 22.8. The van der Waals surface area contributed by atoms with E-state index >= 15 is 0 Å². The number of benzene rings is 2. The van der Waals surface area contributed by atoms with Gasteiger partial charge in [-0.05, 0) is 78.5 Å². The van der Waals surface area contributed by atoms with Gasteiger partial charge in [-0.2, -0.15) is 0 Å². The van der Waals surface area contributed by atoms with Gasteiger partial charge in [0.15, 0.2) is 0 Å². The Morgan fingerprint density at radius 1 is 0.600 bits per heavy atom. The van der Waals surface area contributed by atoms with Crippen LogP contribution in [0.2, 0.25) is 0 Å². The van der Waals surface area contributed by atoms with Crippen LogP contribution in [0.3, 0.4) is 0 Å². The van der Waals surface area contributed by atoms with Crippen LogP contribution in [0.1, 0.15) is 81.8 Å². The fraction of sp³-hybridized carbons (Fsp3) is 0.586. The molecule has 3 aliphatic rings. The topological polar surface area (TPSA) is 0 Å². The first-order valence-electron chi connectivity index (χ1n) is 12.7. The summed E-state index contributed by atoms with van der Waals surface area (Å²) in [5.74, 6) is 0. The Morgan fingerprint density at radius 2 is 1.03 bits per heavy atom. The SMILES string of the molecule is c1ccc(CC2(Cc3ccccc3)CC2P(C2CCCCC2)C2CCCCC2)cc1. The highest BCUT2D eigenvalue weighted by molar-refractivity contribution is 7.60. The molecular formula is C29H39P. The minimum atomic E-state index is 0.175. The molecule has 3 aliphatic carbocycles.